The number of H-pyrrole nitrogens is 1. The Labute approximate surface area is 88.6 Å². The molecule has 2 nitrogen and oxygen atoms in total. The largest absolute Gasteiger partial charge is 0.390 e. The second kappa shape index (κ2) is 3.24. The van der Waals surface area contributed by atoms with Crippen LogP contribution >= 0.6 is 0 Å². The second-order valence-electron chi connectivity index (χ2n) is 3.98. The summed E-state index contributed by atoms with van der Waals surface area (Å²) >= 11 is 0. The lowest BCUT2D eigenvalue weighted by Crippen LogP contribution is -2.02. The van der Waals surface area contributed by atoms with Crippen LogP contribution in [-0.2, 0) is 19.4 Å². The summed E-state index contributed by atoms with van der Waals surface area (Å²) in [6.45, 7) is 0.0870. The zero-order valence-corrected chi connectivity index (χ0v) is 8.46. The number of rotatable bonds is 1. The van der Waals surface area contributed by atoms with E-state index in [-0.39, 0.29) is 6.61 Å². The summed E-state index contributed by atoms with van der Waals surface area (Å²) in [5, 5.41) is 9.28. The normalized spacial score (nSPS) is 13.4. The highest BCUT2D eigenvalue weighted by Crippen LogP contribution is 2.35. The number of nitrogens with one attached hydrogen (secondary N) is 1. The summed E-state index contributed by atoms with van der Waals surface area (Å²) in [7, 11) is 0. The maximum atomic E-state index is 9.28. The Morgan fingerprint density at radius 3 is 2.80 bits per heavy atom. The van der Waals surface area contributed by atoms with Crippen molar-refractivity contribution in [2.24, 2.45) is 0 Å². The van der Waals surface area contributed by atoms with Gasteiger partial charge in [-0.15, -0.1) is 0 Å². The highest BCUT2D eigenvalue weighted by Gasteiger charge is 2.19. The van der Waals surface area contributed by atoms with Crippen molar-refractivity contribution < 1.29 is 5.11 Å². The summed E-state index contributed by atoms with van der Waals surface area (Å²) < 4.78 is 0. The van der Waals surface area contributed by atoms with Crippen LogP contribution in [0.4, 0.5) is 0 Å². The summed E-state index contributed by atoms with van der Waals surface area (Å²) in [5.41, 5.74) is 6.16. The van der Waals surface area contributed by atoms with Crippen molar-refractivity contribution in [3.05, 3.63) is 47.3 Å². The van der Waals surface area contributed by atoms with Crippen LogP contribution < -0.4 is 0 Å². The summed E-state index contributed by atoms with van der Waals surface area (Å²) in [6, 6.07) is 8.45. The quantitative estimate of drug-likeness (QED) is 0.726. The molecule has 0 fully saturated rings. The third-order valence-corrected chi connectivity index (χ3v) is 3.15. The molecule has 2 heteroatoms. The number of hydrogen-bond acceptors (Lipinski definition) is 1. The molecule has 0 bridgehead atoms. The Kier molecular flexibility index (Phi) is 1.89. The fraction of sp³-hybridized carbons (Fsp3) is 0.231. The molecule has 1 heterocycles. The molecule has 2 N–H and O–H groups in total. The van der Waals surface area contributed by atoms with E-state index in [4.69, 9.17) is 0 Å². The van der Waals surface area contributed by atoms with Crippen LogP contribution in [0.3, 0.4) is 0 Å². The van der Waals surface area contributed by atoms with Gasteiger partial charge in [0.25, 0.3) is 0 Å². The van der Waals surface area contributed by atoms with Crippen molar-refractivity contribution >= 4 is 0 Å². The molecule has 76 valence electrons. The highest BCUT2D eigenvalue weighted by atomic mass is 16.3. The zero-order valence-electron chi connectivity index (χ0n) is 8.46. The van der Waals surface area contributed by atoms with E-state index in [9.17, 15) is 5.11 Å². The van der Waals surface area contributed by atoms with Gasteiger partial charge in [-0.1, -0.05) is 24.3 Å². The van der Waals surface area contributed by atoms with Crippen LogP contribution in [0.1, 0.15) is 16.8 Å². The van der Waals surface area contributed by atoms with Gasteiger partial charge in [-0.05, 0) is 29.5 Å². The molecule has 0 atom stereocenters. The third-order valence-electron chi connectivity index (χ3n) is 3.15. The molecule has 0 amide bonds. The lowest BCUT2D eigenvalue weighted by Gasteiger charge is -2.17. The van der Waals surface area contributed by atoms with Gasteiger partial charge in [0.1, 0.15) is 0 Å². The lowest BCUT2D eigenvalue weighted by atomic mass is 9.87. The molecule has 0 aliphatic heterocycles. The van der Waals surface area contributed by atoms with Crippen LogP contribution in [0.5, 0.6) is 0 Å². The number of benzene rings is 1. The van der Waals surface area contributed by atoms with E-state index in [1.165, 1.54) is 22.3 Å². The van der Waals surface area contributed by atoms with Gasteiger partial charge in [0.15, 0.2) is 0 Å². The zero-order chi connectivity index (χ0) is 10.3. The minimum atomic E-state index is 0.0870. The van der Waals surface area contributed by atoms with E-state index < -0.39 is 0 Å². The number of hydrogen-bond donors (Lipinski definition) is 2. The highest BCUT2D eigenvalue weighted by molar-refractivity contribution is 5.75. The van der Waals surface area contributed by atoms with E-state index in [0.29, 0.717) is 0 Å². The minimum absolute atomic E-state index is 0.0870. The predicted molar refractivity (Wildman–Crippen MR) is 59.6 cm³/mol. The molecule has 0 spiro atoms. The smallest absolute Gasteiger partial charge is 0.0837 e. The first-order valence-corrected chi connectivity index (χ1v) is 5.28. The van der Waals surface area contributed by atoms with E-state index in [0.717, 1.165) is 18.5 Å². The number of aryl methyl sites for hydroxylation is 2. The SMILES string of the molecule is OCc1[nH]cc2c1-c1ccccc1CC2. The number of aliphatic hydroxyl groups is 1. The molecule has 3 rings (SSSR count). The Morgan fingerprint density at radius 1 is 1.13 bits per heavy atom. The summed E-state index contributed by atoms with van der Waals surface area (Å²) in [6.07, 6.45) is 4.20. The first-order valence-electron chi connectivity index (χ1n) is 5.28. The second-order valence-corrected chi connectivity index (χ2v) is 3.98. The molecule has 2 aromatic rings. The van der Waals surface area contributed by atoms with Crippen molar-refractivity contribution in [1.29, 1.82) is 0 Å². The first-order chi connectivity index (χ1) is 7.40. The molecule has 1 aliphatic carbocycles. The number of fused-ring (bicyclic) bond motifs is 3. The number of aromatic nitrogens is 1. The van der Waals surface area contributed by atoms with Crippen molar-refractivity contribution in [1.82, 2.24) is 4.98 Å². The molecule has 1 aromatic heterocycles. The van der Waals surface area contributed by atoms with E-state index in [1.807, 2.05) is 6.20 Å². The average molecular weight is 199 g/mol. The van der Waals surface area contributed by atoms with Gasteiger partial charge in [0.05, 0.1) is 6.61 Å². The maximum Gasteiger partial charge on any atom is 0.0837 e. The van der Waals surface area contributed by atoms with Gasteiger partial charge < -0.3 is 10.1 Å². The van der Waals surface area contributed by atoms with Crippen LogP contribution in [0.15, 0.2) is 30.5 Å². The van der Waals surface area contributed by atoms with E-state index >= 15 is 0 Å². The van der Waals surface area contributed by atoms with Crippen molar-refractivity contribution in [3.63, 3.8) is 0 Å². The standard InChI is InChI=1S/C13H13NO/c15-8-12-13-10(7-14-12)6-5-9-3-1-2-4-11(9)13/h1-4,7,14-15H,5-6,8H2. The number of aliphatic hydroxyl groups excluding tert-OH is 1. The Morgan fingerprint density at radius 2 is 1.93 bits per heavy atom. The Hall–Kier alpha value is -1.54. The molecule has 15 heavy (non-hydrogen) atoms. The first kappa shape index (κ1) is 8.74. The molecule has 1 aromatic carbocycles. The number of aromatic amines is 1. The van der Waals surface area contributed by atoms with Gasteiger partial charge >= 0.3 is 0 Å². The van der Waals surface area contributed by atoms with Gasteiger partial charge in [0.2, 0.25) is 0 Å². The molecular formula is C13H13NO. The molecular weight excluding hydrogens is 186 g/mol. The average Bonchev–Trinajstić information content (AvgIpc) is 2.72. The van der Waals surface area contributed by atoms with Crippen molar-refractivity contribution in [2.75, 3.05) is 0 Å². The Balaban J connectivity index is 2.27. The monoisotopic (exact) mass is 199 g/mol. The van der Waals surface area contributed by atoms with Gasteiger partial charge in [-0.25, -0.2) is 0 Å². The van der Waals surface area contributed by atoms with Gasteiger partial charge in [-0.3, -0.25) is 0 Å². The molecule has 1 aliphatic rings. The molecule has 0 saturated heterocycles. The lowest BCUT2D eigenvalue weighted by molar-refractivity contribution is 0.278. The van der Waals surface area contributed by atoms with Crippen LogP contribution in [0.25, 0.3) is 11.1 Å². The fourth-order valence-corrected chi connectivity index (χ4v) is 2.42. The van der Waals surface area contributed by atoms with Crippen LogP contribution in [-0.4, -0.2) is 10.1 Å². The third kappa shape index (κ3) is 1.22. The van der Waals surface area contributed by atoms with E-state index in [2.05, 4.69) is 29.2 Å². The van der Waals surface area contributed by atoms with Crippen molar-refractivity contribution in [3.8, 4) is 11.1 Å². The maximum absolute atomic E-state index is 9.28. The van der Waals surface area contributed by atoms with E-state index in [1.54, 1.807) is 0 Å². The Bertz CT molecular complexity index is 485. The summed E-state index contributed by atoms with van der Waals surface area (Å²) in [4.78, 5) is 3.16. The predicted octanol–water partition coefficient (Wildman–Crippen LogP) is 2.27. The minimum Gasteiger partial charge on any atom is -0.390 e. The molecule has 0 radical (unpaired) electrons. The van der Waals surface area contributed by atoms with Gasteiger partial charge in [0, 0.05) is 17.5 Å². The summed E-state index contributed by atoms with van der Waals surface area (Å²) in [5.74, 6) is 0. The fourth-order valence-electron chi connectivity index (χ4n) is 2.42. The van der Waals surface area contributed by atoms with Crippen LogP contribution in [0.2, 0.25) is 0 Å². The van der Waals surface area contributed by atoms with Crippen molar-refractivity contribution in [2.45, 2.75) is 19.4 Å². The molecule has 0 saturated carbocycles. The topological polar surface area (TPSA) is 36.0 Å². The molecule has 0 unspecified atom stereocenters. The van der Waals surface area contributed by atoms with Gasteiger partial charge in [-0.2, -0.15) is 0 Å². The van der Waals surface area contributed by atoms with Crippen LogP contribution in [0, 0.1) is 0 Å².